The number of nitrogens with one attached hydrogen (secondary N) is 1. The molecule has 112 valence electrons. The van der Waals surface area contributed by atoms with Crippen molar-refractivity contribution >= 4 is 35.1 Å². The standard InChI is InChI=1S/C14H21ClN2O2S/c1-9-6-12(13(19-4)7-11(9)15)16-14(18)17(3)10(2)8-20-5/h6-7,10H,8H2,1-5H3,(H,16,18)/t10-/m1/s1. The van der Waals surface area contributed by atoms with Gasteiger partial charge in [0.15, 0.2) is 0 Å². The van der Waals surface area contributed by atoms with Crippen LogP contribution in [0.15, 0.2) is 12.1 Å². The minimum Gasteiger partial charge on any atom is -0.495 e. The Labute approximate surface area is 129 Å². The van der Waals surface area contributed by atoms with Crippen LogP contribution in [0.4, 0.5) is 10.5 Å². The second kappa shape index (κ2) is 7.64. The van der Waals surface area contributed by atoms with Crippen molar-refractivity contribution in [3.63, 3.8) is 0 Å². The van der Waals surface area contributed by atoms with Gasteiger partial charge < -0.3 is 15.0 Å². The number of hydrogen-bond donors (Lipinski definition) is 1. The Hall–Kier alpha value is -1.07. The number of nitrogens with zero attached hydrogens (tertiary/aromatic N) is 1. The van der Waals surface area contributed by atoms with Gasteiger partial charge in [-0.3, -0.25) is 0 Å². The maximum absolute atomic E-state index is 12.2. The zero-order valence-electron chi connectivity index (χ0n) is 12.5. The van der Waals surface area contributed by atoms with Crippen LogP contribution in [0.25, 0.3) is 0 Å². The first-order chi connectivity index (χ1) is 9.40. The lowest BCUT2D eigenvalue weighted by Gasteiger charge is -2.25. The van der Waals surface area contributed by atoms with Crippen LogP contribution in [0.2, 0.25) is 5.02 Å². The largest absolute Gasteiger partial charge is 0.495 e. The topological polar surface area (TPSA) is 41.6 Å². The Balaban J connectivity index is 2.87. The summed E-state index contributed by atoms with van der Waals surface area (Å²) in [5.74, 6) is 1.45. The molecule has 1 aromatic carbocycles. The molecule has 1 rings (SSSR count). The maximum atomic E-state index is 12.2. The molecular formula is C14H21ClN2O2S. The zero-order chi connectivity index (χ0) is 15.3. The summed E-state index contributed by atoms with van der Waals surface area (Å²) in [5, 5.41) is 3.48. The number of halogens is 1. The second-order valence-corrected chi connectivity index (χ2v) is 5.96. The average Bonchev–Trinajstić information content (AvgIpc) is 2.41. The molecule has 20 heavy (non-hydrogen) atoms. The molecule has 0 unspecified atom stereocenters. The minimum absolute atomic E-state index is 0.157. The van der Waals surface area contributed by atoms with Crippen LogP contribution in [0.5, 0.6) is 5.75 Å². The molecule has 0 radical (unpaired) electrons. The van der Waals surface area contributed by atoms with Gasteiger partial charge in [0.1, 0.15) is 5.75 Å². The molecule has 0 aliphatic heterocycles. The first kappa shape index (κ1) is 17.0. The molecule has 0 aliphatic rings. The summed E-state index contributed by atoms with van der Waals surface area (Å²) < 4.78 is 5.25. The van der Waals surface area contributed by atoms with Crippen molar-refractivity contribution in [2.24, 2.45) is 0 Å². The van der Waals surface area contributed by atoms with Gasteiger partial charge in [-0.25, -0.2) is 4.79 Å². The van der Waals surface area contributed by atoms with Gasteiger partial charge in [-0.05, 0) is 31.7 Å². The molecule has 0 saturated heterocycles. The van der Waals surface area contributed by atoms with Crippen molar-refractivity contribution in [1.82, 2.24) is 4.90 Å². The molecular weight excluding hydrogens is 296 g/mol. The Kier molecular flexibility index (Phi) is 6.49. The second-order valence-electron chi connectivity index (χ2n) is 4.65. The van der Waals surface area contributed by atoms with E-state index in [2.05, 4.69) is 5.32 Å². The number of aryl methyl sites for hydroxylation is 1. The number of methoxy groups -OCH3 is 1. The predicted octanol–water partition coefficient (Wildman–Crippen LogP) is 3.87. The smallest absolute Gasteiger partial charge is 0.321 e. The van der Waals surface area contributed by atoms with Crippen molar-refractivity contribution in [2.75, 3.05) is 31.5 Å². The monoisotopic (exact) mass is 316 g/mol. The number of rotatable bonds is 5. The summed E-state index contributed by atoms with van der Waals surface area (Å²) in [6.07, 6.45) is 2.02. The number of urea groups is 1. The molecule has 0 saturated carbocycles. The Morgan fingerprint density at radius 3 is 2.75 bits per heavy atom. The molecule has 1 atom stereocenters. The molecule has 0 heterocycles. The van der Waals surface area contributed by atoms with Crippen LogP contribution in [-0.4, -0.2) is 43.1 Å². The number of carbonyl (C=O) groups is 1. The number of hydrogen-bond acceptors (Lipinski definition) is 3. The van der Waals surface area contributed by atoms with Gasteiger partial charge in [0.2, 0.25) is 0 Å². The van der Waals surface area contributed by atoms with Crippen LogP contribution in [0, 0.1) is 6.92 Å². The lowest BCUT2D eigenvalue weighted by atomic mass is 10.2. The first-order valence-corrected chi connectivity index (χ1v) is 8.04. The van der Waals surface area contributed by atoms with Gasteiger partial charge in [0, 0.05) is 29.9 Å². The highest BCUT2D eigenvalue weighted by Gasteiger charge is 2.17. The Bertz CT molecular complexity index is 482. The van der Waals surface area contributed by atoms with Gasteiger partial charge in [-0.1, -0.05) is 11.6 Å². The van der Waals surface area contributed by atoms with Crippen molar-refractivity contribution in [2.45, 2.75) is 19.9 Å². The van der Waals surface area contributed by atoms with E-state index >= 15 is 0 Å². The van der Waals surface area contributed by atoms with Gasteiger partial charge in [-0.2, -0.15) is 11.8 Å². The summed E-state index contributed by atoms with van der Waals surface area (Å²) in [4.78, 5) is 13.9. The number of anilines is 1. The van der Waals surface area contributed by atoms with Crippen molar-refractivity contribution in [1.29, 1.82) is 0 Å². The van der Waals surface area contributed by atoms with E-state index in [9.17, 15) is 4.79 Å². The van der Waals surface area contributed by atoms with Crippen molar-refractivity contribution < 1.29 is 9.53 Å². The fourth-order valence-corrected chi connectivity index (χ4v) is 2.55. The fraction of sp³-hybridized carbons (Fsp3) is 0.500. The molecule has 0 spiro atoms. The van der Waals surface area contributed by atoms with E-state index < -0.39 is 0 Å². The average molecular weight is 317 g/mol. The van der Waals surface area contributed by atoms with Crippen molar-refractivity contribution in [3.05, 3.63) is 22.7 Å². The molecule has 1 aromatic rings. The quantitative estimate of drug-likeness (QED) is 0.896. The van der Waals surface area contributed by atoms with Gasteiger partial charge in [0.25, 0.3) is 0 Å². The van der Waals surface area contributed by atoms with Gasteiger partial charge >= 0.3 is 6.03 Å². The minimum atomic E-state index is -0.161. The molecule has 0 fully saturated rings. The van der Waals surface area contributed by atoms with Crippen LogP contribution < -0.4 is 10.1 Å². The van der Waals surface area contributed by atoms with E-state index in [0.29, 0.717) is 16.5 Å². The molecule has 6 heteroatoms. The normalized spacial score (nSPS) is 11.9. The fourth-order valence-electron chi connectivity index (χ4n) is 1.69. The lowest BCUT2D eigenvalue weighted by molar-refractivity contribution is 0.212. The highest BCUT2D eigenvalue weighted by molar-refractivity contribution is 7.98. The van der Waals surface area contributed by atoms with Crippen LogP contribution in [0.1, 0.15) is 12.5 Å². The molecule has 0 bridgehead atoms. The molecule has 2 amide bonds. The number of thioether (sulfide) groups is 1. The van der Waals surface area contributed by atoms with E-state index in [0.717, 1.165) is 11.3 Å². The third-order valence-corrected chi connectivity index (χ3v) is 4.33. The summed E-state index contributed by atoms with van der Waals surface area (Å²) in [5.41, 5.74) is 1.52. The highest BCUT2D eigenvalue weighted by atomic mass is 35.5. The first-order valence-electron chi connectivity index (χ1n) is 6.27. The van der Waals surface area contributed by atoms with Gasteiger partial charge in [0.05, 0.1) is 12.8 Å². The molecule has 1 N–H and O–H groups in total. The van der Waals surface area contributed by atoms with E-state index in [1.165, 1.54) is 0 Å². The van der Waals surface area contributed by atoms with Crippen molar-refractivity contribution in [3.8, 4) is 5.75 Å². The van der Waals surface area contributed by atoms with E-state index in [1.807, 2.05) is 26.2 Å². The highest BCUT2D eigenvalue weighted by Crippen LogP contribution is 2.31. The number of benzene rings is 1. The third-order valence-electron chi connectivity index (χ3n) is 3.11. The van der Waals surface area contributed by atoms with Gasteiger partial charge in [-0.15, -0.1) is 0 Å². The van der Waals surface area contributed by atoms with E-state index in [4.69, 9.17) is 16.3 Å². The molecule has 0 aliphatic carbocycles. The van der Waals surface area contributed by atoms with Crippen LogP contribution in [0.3, 0.4) is 0 Å². The Morgan fingerprint density at radius 1 is 1.55 bits per heavy atom. The molecule has 4 nitrogen and oxygen atoms in total. The zero-order valence-corrected chi connectivity index (χ0v) is 14.1. The SMILES string of the molecule is COc1cc(Cl)c(C)cc1NC(=O)N(C)[C@H](C)CSC. The summed E-state index contributed by atoms with van der Waals surface area (Å²) in [6.45, 7) is 3.90. The number of ether oxygens (including phenoxy) is 1. The molecule has 0 aromatic heterocycles. The van der Waals surface area contributed by atoms with E-state index in [1.54, 1.807) is 36.9 Å². The maximum Gasteiger partial charge on any atom is 0.321 e. The van der Waals surface area contributed by atoms with Crippen LogP contribution in [-0.2, 0) is 0 Å². The summed E-state index contributed by atoms with van der Waals surface area (Å²) in [7, 11) is 3.34. The number of amides is 2. The lowest BCUT2D eigenvalue weighted by Crippen LogP contribution is -2.39. The Morgan fingerprint density at radius 2 is 2.20 bits per heavy atom. The van der Waals surface area contributed by atoms with E-state index in [-0.39, 0.29) is 12.1 Å². The number of carbonyl (C=O) groups excluding carboxylic acids is 1. The third kappa shape index (κ3) is 4.21. The summed E-state index contributed by atoms with van der Waals surface area (Å²) in [6, 6.07) is 3.51. The van der Waals surface area contributed by atoms with Crippen LogP contribution >= 0.6 is 23.4 Å². The summed E-state index contributed by atoms with van der Waals surface area (Å²) >= 11 is 7.76. The predicted molar refractivity (Wildman–Crippen MR) is 87.4 cm³/mol.